The van der Waals surface area contributed by atoms with Gasteiger partial charge >= 0.3 is 5.97 Å². The van der Waals surface area contributed by atoms with Crippen molar-refractivity contribution in [1.29, 1.82) is 0 Å². The molecule has 0 unspecified atom stereocenters. The first kappa shape index (κ1) is 22.4. The van der Waals surface area contributed by atoms with Gasteiger partial charge in [-0.25, -0.2) is 4.79 Å². The van der Waals surface area contributed by atoms with Gasteiger partial charge in [0.05, 0.1) is 13.2 Å². The van der Waals surface area contributed by atoms with Gasteiger partial charge in [-0.2, -0.15) is 0 Å². The molecule has 0 aromatic heterocycles. The average Bonchev–Trinajstić information content (AvgIpc) is 2.68. The van der Waals surface area contributed by atoms with Crippen molar-refractivity contribution in [2.45, 2.75) is 45.2 Å². The van der Waals surface area contributed by atoms with Gasteiger partial charge in [0.2, 0.25) is 5.91 Å². The highest BCUT2D eigenvalue weighted by Crippen LogP contribution is 2.22. The van der Waals surface area contributed by atoms with Crippen LogP contribution in [0.3, 0.4) is 0 Å². The van der Waals surface area contributed by atoms with Crippen LogP contribution in [0, 0.1) is 5.92 Å². The van der Waals surface area contributed by atoms with Crippen molar-refractivity contribution in [2.24, 2.45) is 11.7 Å². The SMILES string of the molecule is COC(=O)[C@H](Cc1ccc(O)cc1Cc1ccccc1)NC(=O)[C@@H](N)CC(C)C. The van der Waals surface area contributed by atoms with Gasteiger partial charge in [-0.15, -0.1) is 0 Å². The lowest BCUT2D eigenvalue weighted by Crippen LogP contribution is -2.50. The fourth-order valence-corrected chi connectivity index (χ4v) is 3.24. The molecule has 0 bridgehead atoms. The minimum absolute atomic E-state index is 0.150. The van der Waals surface area contributed by atoms with Gasteiger partial charge < -0.3 is 20.9 Å². The largest absolute Gasteiger partial charge is 0.508 e. The van der Waals surface area contributed by atoms with E-state index in [0.717, 1.165) is 16.7 Å². The Morgan fingerprint density at radius 1 is 1.10 bits per heavy atom. The van der Waals surface area contributed by atoms with E-state index < -0.39 is 18.1 Å². The van der Waals surface area contributed by atoms with Gasteiger partial charge in [0.15, 0.2) is 0 Å². The summed E-state index contributed by atoms with van der Waals surface area (Å²) in [5, 5.41) is 12.7. The second kappa shape index (κ2) is 10.6. The van der Waals surface area contributed by atoms with Crippen LogP contribution >= 0.6 is 0 Å². The Kier molecular flexibility index (Phi) is 8.21. The Labute approximate surface area is 172 Å². The molecular formula is C23H30N2O4. The molecule has 6 heteroatoms. The highest BCUT2D eigenvalue weighted by Gasteiger charge is 2.26. The lowest BCUT2D eigenvalue weighted by molar-refractivity contribution is -0.145. The molecule has 0 fully saturated rings. The van der Waals surface area contributed by atoms with Crippen molar-refractivity contribution in [3.63, 3.8) is 0 Å². The third-order valence-corrected chi connectivity index (χ3v) is 4.72. The van der Waals surface area contributed by atoms with Gasteiger partial charge in [-0.1, -0.05) is 50.2 Å². The van der Waals surface area contributed by atoms with Crippen LogP contribution in [0.4, 0.5) is 0 Å². The van der Waals surface area contributed by atoms with E-state index in [2.05, 4.69) is 5.32 Å². The van der Waals surface area contributed by atoms with E-state index >= 15 is 0 Å². The van der Waals surface area contributed by atoms with Crippen molar-refractivity contribution in [2.75, 3.05) is 7.11 Å². The average molecular weight is 399 g/mol. The molecule has 2 aromatic rings. The molecule has 1 amide bonds. The van der Waals surface area contributed by atoms with Crippen LogP contribution in [0.2, 0.25) is 0 Å². The number of nitrogens with one attached hydrogen (secondary N) is 1. The highest BCUT2D eigenvalue weighted by atomic mass is 16.5. The zero-order valence-electron chi connectivity index (χ0n) is 17.2. The summed E-state index contributed by atoms with van der Waals surface area (Å²) in [7, 11) is 1.29. The monoisotopic (exact) mass is 398 g/mol. The molecule has 0 spiro atoms. The molecule has 0 heterocycles. The van der Waals surface area contributed by atoms with Crippen molar-refractivity contribution < 1.29 is 19.4 Å². The van der Waals surface area contributed by atoms with E-state index in [1.54, 1.807) is 18.2 Å². The normalized spacial score (nSPS) is 13.0. The molecule has 0 aliphatic rings. The fraction of sp³-hybridized carbons (Fsp3) is 0.391. The summed E-state index contributed by atoms with van der Waals surface area (Å²) in [6.45, 7) is 3.97. The van der Waals surface area contributed by atoms with Gasteiger partial charge in [0.25, 0.3) is 0 Å². The summed E-state index contributed by atoms with van der Waals surface area (Å²) in [4.78, 5) is 24.8. The van der Waals surface area contributed by atoms with Crippen LogP contribution in [-0.4, -0.2) is 36.2 Å². The molecule has 0 aliphatic heterocycles. The number of hydrogen-bond acceptors (Lipinski definition) is 5. The zero-order valence-corrected chi connectivity index (χ0v) is 17.2. The Morgan fingerprint density at radius 3 is 2.41 bits per heavy atom. The number of phenolic OH excluding ortho intramolecular Hbond substituents is 1. The quantitative estimate of drug-likeness (QED) is 0.564. The Hall–Kier alpha value is -2.86. The third kappa shape index (κ3) is 6.91. The fourth-order valence-electron chi connectivity index (χ4n) is 3.24. The van der Waals surface area contributed by atoms with Crippen LogP contribution < -0.4 is 11.1 Å². The summed E-state index contributed by atoms with van der Waals surface area (Å²) in [6.07, 6.45) is 1.37. The van der Waals surface area contributed by atoms with E-state index in [4.69, 9.17) is 10.5 Å². The number of esters is 1. The molecule has 0 saturated heterocycles. The lowest BCUT2D eigenvalue weighted by Gasteiger charge is -2.21. The minimum atomic E-state index is -0.857. The Bertz CT molecular complexity index is 821. The van der Waals surface area contributed by atoms with E-state index in [1.807, 2.05) is 44.2 Å². The molecule has 0 saturated carbocycles. The number of methoxy groups -OCH3 is 1. The van der Waals surface area contributed by atoms with Crippen LogP contribution in [0.15, 0.2) is 48.5 Å². The number of ether oxygens (including phenoxy) is 1. The van der Waals surface area contributed by atoms with E-state index in [0.29, 0.717) is 12.8 Å². The number of phenols is 1. The number of benzene rings is 2. The topological polar surface area (TPSA) is 102 Å². The van der Waals surface area contributed by atoms with Crippen molar-refractivity contribution in [3.05, 3.63) is 65.2 Å². The van der Waals surface area contributed by atoms with Crippen molar-refractivity contribution in [3.8, 4) is 5.75 Å². The number of rotatable bonds is 9. The number of nitrogens with two attached hydrogens (primary N) is 1. The highest BCUT2D eigenvalue weighted by molar-refractivity contribution is 5.87. The smallest absolute Gasteiger partial charge is 0.328 e. The third-order valence-electron chi connectivity index (χ3n) is 4.72. The van der Waals surface area contributed by atoms with Crippen LogP contribution in [0.5, 0.6) is 5.75 Å². The van der Waals surface area contributed by atoms with E-state index in [-0.39, 0.29) is 24.0 Å². The molecular weight excluding hydrogens is 368 g/mol. The Balaban J connectivity index is 2.22. The number of carbonyl (C=O) groups excluding carboxylic acids is 2. The molecule has 0 radical (unpaired) electrons. The summed E-state index contributed by atoms with van der Waals surface area (Å²) in [6, 6.07) is 13.3. The van der Waals surface area contributed by atoms with Crippen molar-refractivity contribution >= 4 is 11.9 Å². The Morgan fingerprint density at radius 2 is 1.79 bits per heavy atom. The van der Waals surface area contributed by atoms with Gasteiger partial charge in [-0.05, 0) is 47.6 Å². The van der Waals surface area contributed by atoms with E-state index in [1.165, 1.54) is 7.11 Å². The maximum Gasteiger partial charge on any atom is 0.328 e. The first-order valence-electron chi connectivity index (χ1n) is 9.78. The van der Waals surface area contributed by atoms with Gasteiger partial charge in [0.1, 0.15) is 11.8 Å². The molecule has 2 atom stereocenters. The number of hydrogen-bond donors (Lipinski definition) is 3. The standard InChI is InChI=1S/C23H30N2O4/c1-15(2)11-20(24)22(27)25-21(23(28)29-3)14-17-9-10-19(26)13-18(17)12-16-7-5-4-6-8-16/h4-10,13,15,20-21,26H,11-12,14,24H2,1-3H3,(H,25,27)/t20-,21-/m0/s1. The first-order chi connectivity index (χ1) is 13.8. The molecule has 2 aromatic carbocycles. The minimum Gasteiger partial charge on any atom is -0.508 e. The molecule has 6 nitrogen and oxygen atoms in total. The summed E-state index contributed by atoms with van der Waals surface area (Å²) in [5.74, 6) is -0.495. The molecule has 156 valence electrons. The number of carbonyl (C=O) groups is 2. The van der Waals surface area contributed by atoms with Crippen LogP contribution in [-0.2, 0) is 27.2 Å². The second-order valence-corrected chi connectivity index (χ2v) is 7.64. The second-order valence-electron chi connectivity index (χ2n) is 7.64. The summed E-state index contributed by atoms with van der Waals surface area (Å²) >= 11 is 0. The summed E-state index contributed by atoms with van der Waals surface area (Å²) in [5.41, 5.74) is 8.76. The molecule has 0 aliphatic carbocycles. The predicted molar refractivity (Wildman–Crippen MR) is 112 cm³/mol. The first-order valence-corrected chi connectivity index (χ1v) is 9.78. The van der Waals surface area contributed by atoms with Gasteiger partial charge in [0, 0.05) is 6.42 Å². The summed E-state index contributed by atoms with van der Waals surface area (Å²) < 4.78 is 4.88. The number of aromatic hydroxyl groups is 1. The van der Waals surface area contributed by atoms with Gasteiger partial charge in [-0.3, -0.25) is 4.79 Å². The maximum atomic E-state index is 12.4. The maximum absolute atomic E-state index is 12.4. The molecule has 2 rings (SSSR count). The molecule has 4 N–H and O–H groups in total. The van der Waals surface area contributed by atoms with Crippen molar-refractivity contribution in [1.82, 2.24) is 5.32 Å². The van der Waals surface area contributed by atoms with E-state index in [9.17, 15) is 14.7 Å². The number of amides is 1. The van der Waals surface area contributed by atoms with Crippen LogP contribution in [0.1, 0.15) is 37.0 Å². The molecule has 29 heavy (non-hydrogen) atoms. The predicted octanol–water partition coefficient (Wildman–Crippen LogP) is 2.56. The zero-order chi connectivity index (χ0) is 21.4. The lowest BCUT2D eigenvalue weighted by atomic mass is 9.94. The van der Waals surface area contributed by atoms with Crippen LogP contribution in [0.25, 0.3) is 0 Å².